The highest BCUT2D eigenvalue weighted by Gasteiger charge is 1.79. The summed E-state index contributed by atoms with van der Waals surface area (Å²) in [7, 11) is 0. The molecule has 0 saturated heterocycles. The lowest BCUT2D eigenvalue weighted by Crippen LogP contribution is -2.17. The smallest absolute Gasteiger partial charge is 0.0432 e. The molecule has 4 nitrogen and oxygen atoms in total. The van der Waals surface area contributed by atoms with E-state index in [-0.39, 0.29) is 6.04 Å². The third kappa shape index (κ3) is 5.39. The van der Waals surface area contributed by atoms with Gasteiger partial charge in [-0.1, -0.05) is 0 Å². The normalized spacial score (nSPS) is 14.7. The van der Waals surface area contributed by atoms with Crippen LogP contribution in [-0.2, 0) is 0 Å². The Kier molecular flexibility index (Phi) is 3.26. The van der Waals surface area contributed by atoms with E-state index in [0.29, 0.717) is 0 Å². The molecule has 0 bridgehead atoms. The maximum atomic E-state index is 7.81. The lowest BCUT2D eigenvalue weighted by Gasteiger charge is -1.89. The standard InChI is InChI=1S/C3H9N3O/c1-3(4)2-5-6-7/h2-3,6-7H,4H2,1H3. The minimum absolute atomic E-state index is 0.111. The Morgan fingerprint density at radius 1 is 2.00 bits per heavy atom. The summed E-state index contributed by atoms with van der Waals surface area (Å²) in [5.41, 5.74) is 6.77. The maximum absolute atomic E-state index is 7.81. The van der Waals surface area contributed by atoms with Gasteiger partial charge in [0.2, 0.25) is 0 Å². The van der Waals surface area contributed by atoms with Crippen molar-refractivity contribution in [2.75, 3.05) is 0 Å². The first-order valence-corrected chi connectivity index (χ1v) is 1.95. The molecule has 0 saturated carbocycles. The lowest BCUT2D eigenvalue weighted by molar-refractivity contribution is 0.172. The van der Waals surface area contributed by atoms with Gasteiger partial charge >= 0.3 is 0 Å². The van der Waals surface area contributed by atoms with E-state index >= 15 is 0 Å². The summed E-state index contributed by atoms with van der Waals surface area (Å²) < 4.78 is 0. The van der Waals surface area contributed by atoms with Crippen LogP contribution in [0.15, 0.2) is 5.10 Å². The number of nitrogens with two attached hydrogens (primary N) is 1. The van der Waals surface area contributed by atoms with Crippen LogP contribution >= 0.6 is 0 Å². The summed E-state index contributed by atoms with van der Waals surface area (Å²) in [5, 5.41) is 11.0. The molecule has 0 radical (unpaired) electrons. The Bertz CT molecular complexity index is 61.2. The number of hydrogen-bond donors (Lipinski definition) is 3. The fourth-order valence-electron chi connectivity index (χ4n) is 0.151. The van der Waals surface area contributed by atoms with E-state index < -0.39 is 0 Å². The molecule has 0 heterocycles. The Labute approximate surface area is 42.0 Å². The molecular formula is C3H9N3O. The average Bonchev–Trinajstić information content (AvgIpc) is 1.61. The number of nitrogens with zero attached hydrogens (tertiary/aromatic N) is 1. The van der Waals surface area contributed by atoms with Crippen molar-refractivity contribution in [2.45, 2.75) is 13.0 Å². The van der Waals surface area contributed by atoms with Crippen molar-refractivity contribution in [1.29, 1.82) is 0 Å². The van der Waals surface area contributed by atoms with Crippen LogP contribution in [0, 0.1) is 0 Å². The zero-order valence-electron chi connectivity index (χ0n) is 4.13. The van der Waals surface area contributed by atoms with E-state index in [4.69, 9.17) is 10.9 Å². The first-order valence-electron chi connectivity index (χ1n) is 1.95. The summed E-state index contributed by atoms with van der Waals surface area (Å²) >= 11 is 0. The van der Waals surface area contributed by atoms with E-state index in [9.17, 15) is 0 Å². The molecule has 4 N–H and O–H groups in total. The molecule has 0 aromatic heterocycles. The highest BCUT2D eigenvalue weighted by Crippen LogP contribution is 1.62. The largest absolute Gasteiger partial charge is 0.323 e. The van der Waals surface area contributed by atoms with Crippen molar-refractivity contribution >= 4 is 6.21 Å². The zero-order chi connectivity index (χ0) is 5.70. The first kappa shape index (κ1) is 6.39. The lowest BCUT2D eigenvalue weighted by atomic mass is 10.4. The Morgan fingerprint density at radius 2 is 2.57 bits per heavy atom. The molecule has 4 heteroatoms. The average molecular weight is 103 g/mol. The highest BCUT2D eigenvalue weighted by atomic mass is 16.5. The van der Waals surface area contributed by atoms with Gasteiger partial charge in [-0.3, -0.25) is 5.21 Å². The van der Waals surface area contributed by atoms with Crippen molar-refractivity contribution in [1.82, 2.24) is 5.59 Å². The van der Waals surface area contributed by atoms with Crippen LogP contribution in [0.4, 0.5) is 0 Å². The Morgan fingerprint density at radius 3 is 2.71 bits per heavy atom. The molecule has 0 aromatic carbocycles. The van der Waals surface area contributed by atoms with Gasteiger partial charge in [-0.25, -0.2) is 0 Å². The Balaban J connectivity index is 3.08. The van der Waals surface area contributed by atoms with Crippen LogP contribution in [0.3, 0.4) is 0 Å². The highest BCUT2D eigenvalue weighted by molar-refractivity contribution is 5.62. The second-order valence-corrected chi connectivity index (χ2v) is 1.24. The van der Waals surface area contributed by atoms with Crippen molar-refractivity contribution in [3.63, 3.8) is 0 Å². The van der Waals surface area contributed by atoms with E-state index in [1.165, 1.54) is 6.21 Å². The summed E-state index contributed by atoms with van der Waals surface area (Å²) in [6.45, 7) is 1.75. The molecule has 0 rings (SSSR count). The predicted molar refractivity (Wildman–Crippen MR) is 27.1 cm³/mol. The van der Waals surface area contributed by atoms with Crippen molar-refractivity contribution in [2.24, 2.45) is 10.8 Å². The van der Waals surface area contributed by atoms with E-state index in [1.54, 1.807) is 12.5 Å². The molecule has 0 fully saturated rings. The molecule has 0 amide bonds. The second-order valence-electron chi connectivity index (χ2n) is 1.24. The van der Waals surface area contributed by atoms with Crippen LogP contribution < -0.4 is 11.3 Å². The minimum Gasteiger partial charge on any atom is -0.323 e. The molecule has 42 valence electrons. The third-order valence-corrected chi connectivity index (χ3v) is 0.367. The van der Waals surface area contributed by atoms with Gasteiger partial charge < -0.3 is 5.73 Å². The van der Waals surface area contributed by atoms with Gasteiger partial charge in [0.25, 0.3) is 0 Å². The molecular weight excluding hydrogens is 94.1 g/mol. The third-order valence-electron chi connectivity index (χ3n) is 0.367. The van der Waals surface area contributed by atoms with Gasteiger partial charge in [0, 0.05) is 12.3 Å². The molecule has 1 unspecified atom stereocenters. The number of hydrogen-bond acceptors (Lipinski definition) is 4. The number of nitrogens with one attached hydrogen (secondary N) is 1. The van der Waals surface area contributed by atoms with Gasteiger partial charge in [0.15, 0.2) is 0 Å². The quantitative estimate of drug-likeness (QED) is 0.319. The van der Waals surface area contributed by atoms with Gasteiger partial charge in [0.1, 0.15) is 0 Å². The fourth-order valence-corrected chi connectivity index (χ4v) is 0.151. The van der Waals surface area contributed by atoms with Crippen molar-refractivity contribution in [3.8, 4) is 0 Å². The monoisotopic (exact) mass is 103 g/mol. The molecule has 0 spiro atoms. The van der Waals surface area contributed by atoms with Gasteiger partial charge in [-0.15, -0.1) is 0 Å². The van der Waals surface area contributed by atoms with Crippen LogP contribution in [0.5, 0.6) is 0 Å². The molecule has 0 aliphatic heterocycles. The molecule has 0 aromatic rings. The fraction of sp³-hybridized carbons (Fsp3) is 0.667. The maximum Gasteiger partial charge on any atom is 0.0432 e. The predicted octanol–water partition coefficient (Wildman–Crippen LogP) is -0.702. The van der Waals surface area contributed by atoms with E-state index in [0.717, 1.165) is 0 Å². The SMILES string of the molecule is CC(N)C=NNO. The van der Waals surface area contributed by atoms with Gasteiger partial charge in [0.05, 0.1) is 0 Å². The van der Waals surface area contributed by atoms with E-state index in [1.807, 2.05) is 0 Å². The van der Waals surface area contributed by atoms with Gasteiger partial charge in [-0.05, 0) is 6.92 Å². The first-order chi connectivity index (χ1) is 3.27. The number of rotatable bonds is 2. The van der Waals surface area contributed by atoms with Crippen LogP contribution in [-0.4, -0.2) is 17.5 Å². The summed E-state index contributed by atoms with van der Waals surface area (Å²) in [6, 6.07) is -0.111. The van der Waals surface area contributed by atoms with E-state index in [2.05, 4.69) is 5.10 Å². The summed E-state index contributed by atoms with van der Waals surface area (Å²) in [4.78, 5) is 0. The summed E-state index contributed by atoms with van der Waals surface area (Å²) in [5.74, 6) is 0. The molecule has 0 aliphatic carbocycles. The van der Waals surface area contributed by atoms with Crippen LogP contribution in [0.2, 0.25) is 0 Å². The topological polar surface area (TPSA) is 70.6 Å². The van der Waals surface area contributed by atoms with Gasteiger partial charge in [-0.2, -0.15) is 10.7 Å². The van der Waals surface area contributed by atoms with Crippen molar-refractivity contribution < 1.29 is 5.21 Å². The second kappa shape index (κ2) is 3.58. The van der Waals surface area contributed by atoms with Crippen LogP contribution in [0.25, 0.3) is 0 Å². The summed E-state index contributed by atoms with van der Waals surface area (Å²) in [6.07, 6.45) is 1.39. The van der Waals surface area contributed by atoms with Crippen molar-refractivity contribution in [3.05, 3.63) is 0 Å². The molecule has 0 aliphatic rings. The zero-order valence-corrected chi connectivity index (χ0v) is 4.13. The minimum atomic E-state index is -0.111. The Hall–Kier alpha value is -0.610. The molecule has 7 heavy (non-hydrogen) atoms. The number of hydrazone groups is 1. The molecule has 1 atom stereocenters. The van der Waals surface area contributed by atoms with Crippen LogP contribution in [0.1, 0.15) is 6.92 Å².